The molecule has 0 saturated carbocycles. The van der Waals surface area contributed by atoms with Gasteiger partial charge in [0.1, 0.15) is 16.8 Å². The highest BCUT2D eigenvalue weighted by atomic mass is 32.1. The lowest BCUT2D eigenvalue weighted by Crippen LogP contribution is -2.35. The molecular weight excluding hydrogens is 270 g/mol. The van der Waals surface area contributed by atoms with E-state index in [0.717, 1.165) is 10.6 Å². The van der Waals surface area contributed by atoms with E-state index in [2.05, 4.69) is 30.2 Å². The summed E-state index contributed by atoms with van der Waals surface area (Å²) in [5.41, 5.74) is 1.41. The molecule has 0 aliphatic heterocycles. The molecule has 104 valence electrons. The van der Waals surface area contributed by atoms with Crippen molar-refractivity contribution in [2.24, 2.45) is 0 Å². The summed E-state index contributed by atoms with van der Waals surface area (Å²) >= 11 is 1.63. The Morgan fingerprint density at radius 3 is 2.85 bits per heavy atom. The van der Waals surface area contributed by atoms with Crippen molar-refractivity contribution >= 4 is 11.3 Å². The van der Waals surface area contributed by atoms with E-state index in [1.807, 2.05) is 29.8 Å². The van der Waals surface area contributed by atoms with Gasteiger partial charge >= 0.3 is 0 Å². The van der Waals surface area contributed by atoms with Crippen molar-refractivity contribution in [3.8, 4) is 11.8 Å². The van der Waals surface area contributed by atoms with Crippen LogP contribution in [0.2, 0.25) is 0 Å². The number of hydrogen-bond donors (Lipinski definition) is 1. The van der Waals surface area contributed by atoms with Crippen LogP contribution in [-0.4, -0.2) is 12.1 Å². The van der Waals surface area contributed by atoms with E-state index in [-0.39, 0.29) is 5.54 Å². The maximum atomic E-state index is 9.09. The maximum absolute atomic E-state index is 9.09. The van der Waals surface area contributed by atoms with Crippen LogP contribution < -0.4 is 10.1 Å². The minimum absolute atomic E-state index is 0.194. The number of methoxy groups -OCH3 is 1. The molecule has 2 rings (SSSR count). The van der Waals surface area contributed by atoms with Gasteiger partial charge in [0.25, 0.3) is 0 Å². The van der Waals surface area contributed by atoms with Gasteiger partial charge < -0.3 is 10.1 Å². The van der Waals surface area contributed by atoms with Gasteiger partial charge in [0.15, 0.2) is 0 Å². The van der Waals surface area contributed by atoms with Crippen LogP contribution in [0, 0.1) is 11.3 Å². The molecule has 0 fully saturated rings. The molecule has 0 saturated heterocycles. The van der Waals surface area contributed by atoms with Gasteiger partial charge in [-0.05, 0) is 31.5 Å². The first kappa shape index (κ1) is 14.5. The topological polar surface area (TPSA) is 57.9 Å². The van der Waals surface area contributed by atoms with E-state index in [0.29, 0.717) is 17.9 Å². The number of aromatic nitrogens is 1. The largest absolute Gasteiger partial charge is 0.495 e. The van der Waals surface area contributed by atoms with Crippen LogP contribution in [0.15, 0.2) is 29.8 Å². The van der Waals surface area contributed by atoms with Crippen molar-refractivity contribution in [3.63, 3.8) is 0 Å². The van der Waals surface area contributed by atoms with Gasteiger partial charge in [-0.3, -0.25) is 0 Å². The summed E-state index contributed by atoms with van der Waals surface area (Å²) < 4.78 is 5.14. The zero-order valence-electron chi connectivity index (χ0n) is 11.8. The smallest absolute Gasteiger partial charge is 0.136 e. The lowest BCUT2D eigenvalue weighted by atomic mass is 10.1. The van der Waals surface area contributed by atoms with E-state index < -0.39 is 0 Å². The van der Waals surface area contributed by atoms with E-state index >= 15 is 0 Å². The molecule has 0 unspecified atom stereocenters. The zero-order chi connectivity index (χ0) is 14.6. The first-order chi connectivity index (χ1) is 9.56. The summed E-state index contributed by atoms with van der Waals surface area (Å²) in [7, 11) is 1.57. The van der Waals surface area contributed by atoms with Gasteiger partial charge in [0.2, 0.25) is 0 Å². The second kappa shape index (κ2) is 6.04. The minimum Gasteiger partial charge on any atom is -0.495 e. The van der Waals surface area contributed by atoms with Crippen molar-refractivity contribution in [3.05, 3.63) is 45.9 Å². The van der Waals surface area contributed by atoms with E-state index in [1.165, 1.54) is 0 Å². The summed E-state index contributed by atoms with van der Waals surface area (Å²) in [5, 5.41) is 15.6. The maximum Gasteiger partial charge on any atom is 0.136 e. The number of ether oxygens (including phenoxy) is 1. The third-order valence-corrected chi connectivity index (χ3v) is 4.18. The Labute approximate surface area is 123 Å². The van der Waals surface area contributed by atoms with Gasteiger partial charge in [0.05, 0.1) is 18.2 Å². The standard InChI is InChI=1S/C15H17N3OS/c1-15(2,14-17-6-7-20-14)18-10-11-4-5-13(19-3)12(8-11)9-16/h4-8,18H,10H2,1-3H3. The molecule has 0 atom stereocenters. The molecule has 0 aliphatic carbocycles. The van der Waals surface area contributed by atoms with Crippen molar-refractivity contribution in [2.45, 2.75) is 25.9 Å². The molecular formula is C15H17N3OS. The second-order valence-electron chi connectivity index (χ2n) is 4.96. The first-order valence-electron chi connectivity index (χ1n) is 6.29. The number of nitrogens with zero attached hydrogens (tertiary/aromatic N) is 2. The van der Waals surface area contributed by atoms with Crippen molar-refractivity contribution in [2.75, 3.05) is 7.11 Å². The molecule has 1 aromatic carbocycles. The summed E-state index contributed by atoms with van der Waals surface area (Å²) in [6, 6.07) is 7.79. The number of hydrogen-bond acceptors (Lipinski definition) is 5. The number of benzene rings is 1. The van der Waals surface area contributed by atoms with E-state index in [1.54, 1.807) is 18.4 Å². The lowest BCUT2D eigenvalue weighted by Gasteiger charge is -2.24. The van der Waals surface area contributed by atoms with Crippen LogP contribution in [0.4, 0.5) is 0 Å². The van der Waals surface area contributed by atoms with Crippen molar-refractivity contribution in [1.29, 1.82) is 5.26 Å². The van der Waals surface area contributed by atoms with Crippen molar-refractivity contribution in [1.82, 2.24) is 10.3 Å². The van der Waals surface area contributed by atoms with E-state index in [9.17, 15) is 0 Å². The molecule has 0 spiro atoms. The highest BCUT2D eigenvalue weighted by molar-refractivity contribution is 7.09. The van der Waals surface area contributed by atoms with Gasteiger partial charge in [-0.1, -0.05) is 6.07 Å². The summed E-state index contributed by atoms with van der Waals surface area (Å²) in [5.74, 6) is 0.607. The first-order valence-corrected chi connectivity index (χ1v) is 7.17. The molecule has 2 aromatic rings. The Morgan fingerprint density at radius 2 is 2.25 bits per heavy atom. The number of nitrogens with one attached hydrogen (secondary N) is 1. The van der Waals surface area contributed by atoms with Crippen LogP contribution in [0.3, 0.4) is 0 Å². The molecule has 0 amide bonds. The molecule has 0 bridgehead atoms. The third kappa shape index (κ3) is 3.16. The van der Waals surface area contributed by atoms with Crippen LogP contribution >= 0.6 is 11.3 Å². The van der Waals surface area contributed by atoms with Gasteiger partial charge in [0, 0.05) is 18.1 Å². The van der Waals surface area contributed by atoms with Crippen molar-refractivity contribution < 1.29 is 4.74 Å². The minimum atomic E-state index is -0.194. The zero-order valence-corrected chi connectivity index (χ0v) is 12.6. The molecule has 20 heavy (non-hydrogen) atoms. The molecule has 1 heterocycles. The predicted octanol–water partition coefficient (Wildman–Crippen LogP) is 3.05. The molecule has 0 radical (unpaired) electrons. The van der Waals surface area contributed by atoms with Crippen LogP contribution in [0.5, 0.6) is 5.75 Å². The van der Waals surface area contributed by atoms with Gasteiger partial charge in [-0.15, -0.1) is 11.3 Å². The fourth-order valence-corrected chi connectivity index (χ4v) is 2.62. The Balaban J connectivity index is 2.10. The fourth-order valence-electron chi connectivity index (χ4n) is 1.88. The highest BCUT2D eigenvalue weighted by Gasteiger charge is 2.22. The van der Waals surface area contributed by atoms with Crippen LogP contribution in [0.25, 0.3) is 0 Å². The van der Waals surface area contributed by atoms with Gasteiger partial charge in [-0.25, -0.2) is 4.98 Å². The summed E-state index contributed by atoms with van der Waals surface area (Å²) in [6.45, 7) is 4.87. The Kier molecular flexibility index (Phi) is 4.38. The third-order valence-electron chi connectivity index (χ3n) is 3.09. The van der Waals surface area contributed by atoms with E-state index in [4.69, 9.17) is 10.00 Å². The predicted molar refractivity (Wildman–Crippen MR) is 79.7 cm³/mol. The van der Waals surface area contributed by atoms with Gasteiger partial charge in [-0.2, -0.15) is 5.26 Å². The second-order valence-corrected chi connectivity index (χ2v) is 5.86. The average Bonchev–Trinajstić information content (AvgIpc) is 3.00. The Hall–Kier alpha value is -1.90. The number of rotatable bonds is 5. The molecule has 5 heteroatoms. The fraction of sp³-hybridized carbons (Fsp3) is 0.333. The Morgan fingerprint density at radius 1 is 1.45 bits per heavy atom. The normalized spacial score (nSPS) is 11.1. The van der Waals surface area contributed by atoms with Crippen LogP contribution in [-0.2, 0) is 12.1 Å². The molecule has 1 N–H and O–H groups in total. The molecule has 1 aromatic heterocycles. The lowest BCUT2D eigenvalue weighted by molar-refractivity contribution is 0.398. The molecule has 0 aliphatic rings. The summed E-state index contributed by atoms with van der Waals surface area (Å²) in [4.78, 5) is 4.34. The average molecular weight is 287 g/mol. The number of nitriles is 1. The molecule has 4 nitrogen and oxygen atoms in total. The summed E-state index contributed by atoms with van der Waals surface area (Å²) in [6.07, 6.45) is 1.81. The Bertz CT molecular complexity index is 615. The SMILES string of the molecule is COc1ccc(CNC(C)(C)c2nccs2)cc1C#N. The van der Waals surface area contributed by atoms with Crippen LogP contribution in [0.1, 0.15) is 30.0 Å². The quantitative estimate of drug-likeness (QED) is 0.918. The monoisotopic (exact) mass is 287 g/mol. The number of thiazole rings is 1. The highest BCUT2D eigenvalue weighted by Crippen LogP contribution is 2.23.